The number of ether oxygens (including phenoxy) is 1. The number of nitrogens with zero attached hydrogens (tertiary/aromatic N) is 1. The predicted octanol–water partition coefficient (Wildman–Crippen LogP) is 5.18. The molecule has 0 saturated carbocycles. The maximum atomic E-state index is 13.7. The van der Waals surface area contributed by atoms with Gasteiger partial charge in [-0.15, -0.1) is 0 Å². The number of fused-ring (bicyclic) bond motifs is 1. The zero-order valence-electron chi connectivity index (χ0n) is 21.8. The molecule has 1 saturated heterocycles. The Morgan fingerprint density at radius 1 is 1.03 bits per heavy atom. The third-order valence-corrected chi connectivity index (χ3v) is 7.48. The minimum absolute atomic E-state index is 0.0806. The van der Waals surface area contributed by atoms with Crippen molar-refractivity contribution in [2.24, 2.45) is 11.3 Å². The van der Waals surface area contributed by atoms with Crippen LogP contribution in [0.1, 0.15) is 63.0 Å². The van der Waals surface area contributed by atoms with Gasteiger partial charge in [0.25, 0.3) is 0 Å². The lowest BCUT2D eigenvalue weighted by Gasteiger charge is -2.48. The SMILES string of the molecule is CCOC(=O)[C@]12CCCC=C1N(Cc1ccccc1)C(=O)[C@H](CC(=O)NCCCCc1ccccc1)C2. The number of aryl methyl sites for hydroxylation is 1. The Hall–Kier alpha value is -3.41. The molecule has 37 heavy (non-hydrogen) atoms. The summed E-state index contributed by atoms with van der Waals surface area (Å²) in [6, 6.07) is 20.1. The molecule has 2 aromatic rings. The molecule has 1 heterocycles. The first kappa shape index (κ1) is 26.6. The molecule has 196 valence electrons. The van der Waals surface area contributed by atoms with E-state index >= 15 is 0 Å². The number of rotatable bonds is 11. The van der Waals surface area contributed by atoms with Crippen molar-refractivity contribution in [3.8, 4) is 0 Å². The number of hydrogen-bond donors (Lipinski definition) is 1. The maximum absolute atomic E-state index is 13.7. The molecule has 6 nitrogen and oxygen atoms in total. The molecule has 0 unspecified atom stereocenters. The largest absolute Gasteiger partial charge is 0.465 e. The first-order chi connectivity index (χ1) is 18.0. The van der Waals surface area contributed by atoms with Crippen molar-refractivity contribution in [3.63, 3.8) is 0 Å². The summed E-state index contributed by atoms with van der Waals surface area (Å²) in [4.78, 5) is 41.7. The number of unbranched alkanes of at least 4 members (excludes halogenated alkanes) is 1. The van der Waals surface area contributed by atoms with Gasteiger partial charge in [-0.25, -0.2) is 0 Å². The Labute approximate surface area is 220 Å². The molecule has 2 aromatic carbocycles. The van der Waals surface area contributed by atoms with Crippen molar-refractivity contribution in [2.75, 3.05) is 13.2 Å². The van der Waals surface area contributed by atoms with Gasteiger partial charge in [0.2, 0.25) is 11.8 Å². The molecule has 0 spiro atoms. The topological polar surface area (TPSA) is 75.7 Å². The van der Waals surface area contributed by atoms with Crippen LogP contribution in [-0.4, -0.2) is 35.8 Å². The molecule has 1 fully saturated rings. The van der Waals surface area contributed by atoms with Gasteiger partial charge in [-0.05, 0) is 63.0 Å². The highest BCUT2D eigenvalue weighted by atomic mass is 16.5. The summed E-state index contributed by atoms with van der Waals surface area (Å²) in [5.74, 6) is -1.07. The van der Waals surface area contributed by atoms with Crippen molar-refractivity contribution < 1.29 is 19.1 Å². The molecule has 0 aromatic heterocycles. The zero-order chi connectivity index (χ0) is 26.1. The predicted molar refractivity (Wildman–Crippen MR) is 143 cm³/mol. The number of amides is 2. The van der Waals surface area contributed by atoms with Crippen LogP contribution in [0.2, 0.25) is 0 Å². The molecule has 0 radical (unpaired) electrons. The molecule has 1 aliphatic heterocycles. The van der Waals surface area contributed by atoms with Gasteiger partial charge in [0, 0.05) is 24.6 Å². The fourth-order valence-electron chi connectivity index (χ4n) is 5.66. The molecule has 0 bridgehead atoms. The van der Waals surface area contributed by atoms with Crippen molar-refractivity contribution in [1.29, 1.82) is 0 Å². The number of nitrogens with one attached hydrogen (secondary N) is 1. The Bertz CT molecular complexity index is 1100. The second-order valence-electron chi connectivity index (χ2n) is 10.1. The number of carbonyl (C=O) groups is 3. The fourth-order valence-corrected chi connectivity index (χ4v) is 5.66. The Balaban J connectivity index is 1.44. The number of hydrogen-bond acceptors (Lipinski definition) is 4. The smallest absolute Gasteiger partial charge is 0.318 e. The molecule has 2 atom stereocenters. The van der Waals surface area contributed by atoms with E-state index in [1.165, 1.54) is 5.56 Å². The standard InChI is InChI=1S/C31H38N2O4/c1-2-37-30(36)31-19-11-9-18-27(31)33(23-25-16-7-4-8-17-25)29(35)26(22-31)21-28(34)32-20-12-10-15-24-13-5-3-6-14-24/h3-8,13-14,16-18,26H,2,9-12,15,19-23H2,1H3,(H,32,34)/t26-,31+/m1/s1. The summed E-state index contributed by atoms with van der Waals surface area (Å²) < 4.78 is 5.54. The second-order valence-corrected chi connectivity index (χ2v) is 10.1. The van der Waals surface area contributed by atoms with Gasteiger partial charge in [0.1, 0.15) is 5.41 Å². The highest BCUT2D eigenvalue weighted by molar-refractivity contribution is 5.92. The third-order valence-electron chi connectivity index (χ3n) is 7.48. The van der Waals surface area contributed by atoms with Crippen molar-refractivity contribution in [3.05, 3.63) is 83.6 Å². The number of piperidine rings is 1. The van der Waals surface area contributed by atoms with Crippen molar-refractivity contribution in [1.82, 2.24) is 10.2 Å². The Morgan fingerprint density at radius 2 is 1.73 bits per heavy atom. The Morgan fingerprint density at radius 3 is 2.43 bits per heavy atom. The lowest BCUT2D eigenvalue weighted by atomic mass is 9.66. The van der Waals surface area contributed by atoms with Gasteiger partial charge < -0.3 is 15.0 Å². The molecule has 1 N–H and O–H groups in total. The molecular weight excluding hydrogens is 464 g/mol. The van der Waals surface area contributed by atoms with Crippen LogP contribution in [0.4, 0.5) is 0 Å². The summed E-state index contributed by atoms with van der Waals surface area (Å²) >= 11 is 0. The maximum Gasteiger partial charge on any atom is 0.318 e. The average molecular weight is 503 g/mol. The molecule has 2 aliphatic rings. The second kappa shape index (κ2) is 12.7. The van der Waals surface area contributed by atoms with Crippen LogP contribution >= 0.6 is 0 Å². The van der Waals surface area contributed by atoms with E-state index in [-0.39, 0.29) is 30.8 Å². The summed E-state index contributed by atoms with van der Waals surface area (Å²) in [7, 11) is 0. The molecular formula is C31H38N2O4. The van der Waals surface area contributed by atoms with Crippen LogP contribution in [0.15, 0.2) is 72.4 Å². The monoisotopic (exact) mass is 502 g/mol. The van der Waals surface area contributed by atoms with Gasteiger partial charge in [-0.1, -0.05) is 66.7 Å². The molecule has 6 heteroatoms. The summed E-state index contributed by atoms with van der Waals surface area (Å²) in [5, 5.41) is 3.00. The fraction of sp³-hybridized carbons (Fsp3) is 0.452. The van der Waals surface area contributed by atoms with Gasteiger partial charge in [0.15, 0.2) is 0 Å². The zero-order valence-corrected chi connectivity index (χ0v) is 21.8. The van der Waals surface area contributed by atoms with Crippen LogP contribution < -0.4 is 5.32 Å². The molecule has 2 amide bonds. The highest BCUT2D eigenvalue weighted by Gasteiger charge is 2.54. The van der Waals surface area contributed by atoms with Crippen molar-refractivity contribution >= 4 is 17.8 Å². The van der Waals surface area contributed by atoms with E-state index in [1.54, 1.807) is 11.8 Å². The number of carbonyl (C=O) groups excluding carboxylic acids is 3. The summed E-state index contributed by atoms with van der Waals surface area (Å²) in [6.45, 7) is 3.05. The van der Waals surface area contributed by atoms with E-state index in [0.717, 1.165) is 43.4 Å². The number of esters is 1. The number of likely N-dealkylation sites (tertiary alicyclic amines) is 1. The van der Waals surface area contributed by atoms with Crippen LogP contribution in [0.5, 0.6) is 0 Å². The first-order valence-electron chi connectivity index (χ1n) is 13.6. The minimum atomic E-state index is -0.877. The molecule has 4 rings (SSSR count). The number of benzene rings is 2. The van der Waals surface area contributed by atoms with Crippen LogP contribution in [0.25, 0.3) is 0 Å². The van der Waals surface area contributed by atoms with E-state index in [2.05, 4.69) is 17.4 Å². The average Bonchev–Trinajstić information content (AvgIpc) is 2.92. The van der Waals surface area contributed by atoms with Crippen LogP contribution in [-0.2, 0) is 32.1 Å². The van der Waals surface area contributed by atoms with Crippen LogP contribution in [0, 0.1) is 11.3 Å². The first-order valence-corrected chi connectivity index (χ1v) is 13.6. The van der Waals surface area contributed by atoms with Crippen LogP contribution in [0.3, 0.4) is 0 Å². The number of allylic oxidation sites excluding steroid dienone is 1. The quantitative estimate of drug-likeness (QED) is 0.339. The van der Waals surface area contributed by atoms with E-state index in [0.29, 0.717) is 25.9 Å². The van der Waals surface area contributed by atoms with Gasteiger partial charge in [0.05, 0.1) is 13.2 Å². The van der Waals surface area contributed by atoms with E-state index < -0.39 is 11.3 Å². The minimum Gasteiger partial charge on any atom is -0.465 e. The summed E-state index contributed by atoms with van der Waals surface area (Å²) in [6.07, 6.45) is 7.58. The van der Waals surface area contributed by atoms with Gasteiger partial charge >= 0.3 is 5.97 Å². The summed E-state index contributed by atoms with van der Waals surface area (Å²) in [5.41, 5.74) is 2.16. The van der Waals surface area contributed by atoms with E-state index in [1.807, 2.05) is 54.6 Å². The van der Waals surface area contributed by atoms with Gasteiger partial charge in [-0.3, -0.25) is 14.4 Å². The lowest BCUT2D eigenvalue weighted by Crippen LogP contribution is -2.54. The van der Waals surface area contributed by atoms with Gasteiger partial charge in [-0.2, -0.15) is 0 Å². The normalized spacial score (nSPS) is 21.1. The highest BCUT2D eigenvalue weighted by Crippen LogP contribution is 2.50. The van der Waals surface area contributed by atoms with Crippen molar-refractivity contribution in [2.45, 2.75) is 64.8 Å². The third kappa shape index (κ3) is 6.48. The lowest BCUT2D eigenvalue weighted by molar-refractivity contribution is -0.162. The van der Waals surface area contributed by atoms with E-state index in [9.17, 15) is 14.4 Å². The Kier molecular flexibility index (Phi) is 9.15. The van der Waals surface area contributed by atoms with E-state index in [4.69, 9.17) is 4.74 Å². The molecule has 1 aliphatic carbocycles.